The average molecular weight is 289 g/mol. The van der Waals surface area contributed by atoms with Gasteiger partial charge in [-0.05, 0) is 30.5 Å². The molecule has 2 aromatic rings. The fourth-order valence-corrected chi connectivity index (χ4v) is 3.58. The lowest BCUT2D eigenvalue weighted by atomic mass is 10.1. The van der Waals surface area contributed by atoms with Crippen LogP contribution in [0, 0.1) is 0 Å². The number of nitrogens with two attached hydrogens (primary N) is 1. The highest BCUT2D eigenvalue weighted by Gasteiger charge is 2.18. The molecule has 0 fully saturated rings. The second-order valence-corrected chi connectivity index (χ2v) is 6.91. The Balaban J connectivity index is 1.93. The van der Waals surface area contributed by atoms with Crippen molar-refractivity contribution in [1.29, 1.82) is 0 Å². The van der Waals surface area contributed by atoms with Gasteiger partial charge in [-0.15, -0.1) is 0 Å². The number of hydrogen-bond acceptors (Lipinski definition) is 3. The Morgan fingerprint density at radius 1 is 0.900 bits per heavy atom. The zero-order chi connectivity index (χ0) is 14.4. The third kappa shape index (κ3) is 4.18. The molecule has 0 amide bonds. The van der Waals surface area contributed by atoms with Crippen molar-refractivity contribution in [3.05, 3.63) is 66.2 Å². The Hall–Kier alpha value is -1.65. The smallest absolute Gasteiger partial charge is 0.179 e. The molecule has 1 atom stereocenters. The topological polar surface area (TPSA) is 60.2 Å². The monoisotopic (exact) mass is 289 g/mol. The van der Waals surface area contributed by atoms with Crippen LogP contribution in [0.15, 0.2) is 65.6 Å². The van der Waals surface area contributed by atoms with Crippen molar-refractivity contribution in [2.24, 2.45) is 5.73 Å². The van der Waals surface area contributed by atoms with Crippen molar-refractivity contribution in [2.75, 3.05) is 5.75 Å². The molecule has 4 heteroatoms. The standard InChI is InChI=1S/C16H19NO2S/c17-15(12-11-14-7-3-1-4-8-14)13-20(18,19)16-9-5-2-6-10-16/h1-10,15H,11-13,17H2/t15-/m0/s1. The summed E-state index contributed by atoms with van der Waals surface area (Å²) in [6.45, 7) is 0. The first-order valence-electron chi connectivity index (χ1n) is 6.65. The third-order valence-corrected chi connectivity index (χ3v) is 5.04. The summed E-state index contributed by atoms with van der Waals surface area (Å²) < 4.78 is 24.3. The average Bonchev–Trinajstić information content (AvgIpc) is 2.47. The minimum atomic E-state index is -3.29. The Labute approximate surface area is 120 Å². The first-order valence-corrected chi connectivity index (χ1v) is 8.30. The van der Waals surface area contributed by atoms with Crippen molar-refractivity contribution in [3.63, 3.8) is 0 Å². The van der Waals surface area contributed by atoms with E-state index in [-0.39, 0.29) is 11.8 Å². The van der Waals surface area contributed by atoms with Crippen LogP contribution in [0.4, 0.5) is 0 Å². The number of rotatable bonds is 6. The molecule has 2 rings (SSSR count). The molecule has 0 saturated carbocycles. The largest absolute Gasteiger partial charge is 0.327 e. The SMILES string of the molecule is N[C@@H](CCc1ccccc1)CS(=O)(=O)c1ccccc1. The van der Waals surface area contributed by atoms with Crippen molar-refractivity contribution in [3.8, 4) is 0 Å². The quantitative estimate of drug-likeness (QED) is 0.888. The molecular weight excluding hydrogens is 270 g/mol. The van der Waals surface area contributed by atoms with Crippen molar-refractivity contribution in [1.82, 2.24) is 0 Å². The molecule has 106 valence electrons. The van der Waals surface area contributed by atoms with E-state index in [2.05, 4.69) is 0 Å². The molecule has 2 N–H and O–H groups in total. The maximum absolute atomic E-state index is 12.2. The lowest BCUT2D eigenvalue weighted by Gasteiger charge is -2.12. The maximum atomic E-state index is 12.2. The van der Waals surface area contributed by atoms with Crippen LogP contribution < -0.4 is 5.73 Å². The predicted octanol–water partition coefficient (Wildman–Crippen LogP) is 2.42. The summed E-state index contributed by atoms with van der Waals surface area (Å²) in [5.41, 5.74) is 7.15. The fourth-order valence-electron chi connectivity index (χ4n) is 2.09. The van der Waals surface area contributed by atoms with E-state index in [4.69, 9.17) is 5.73 Å². The molecular formula is C16H19NO2S. The molecule has 0 aromatic heterocycles. The first-order chi connectivity index (χ1) is 9.58. The van der Waals surface area contributed by atoms with Crippen LogP contribution >= 0.6 is 0 Å². The molecule has 20 heavy (non-hydrogen) atoms. The van der Waals surface area contributed by atoms with Gasteiger partial charge >= 0.3 is 0 Å². The van der Waals surface area contributed by atoms with Gasteiger partial charge in [-0.1, -0.05) is 48.5 Å². The van der Waals surface area contributed by atoms with Gasteiger partial charge in [0, 0.05) is 6.04 Å². The first kappa shape index (κ1) is 14.8. The second kappa shape index (κ2) is 6.68. The van der Waals surface area contributed by atoms with E-state index in [9.17, 15) is 8.42 Å². The Morgan fingerprint density at radius 2 is 1.45 bits per heavy atom. The third-order valence-electron chi connectivity index (χ3n) is 3.18. The highest BCUT2D eigenvalue weighted by atomic mass is 32.2. The van der Waals surface area contributed by atoms with Crippen LogP contribution in [-0.2, 0) is 16.3 Å². The molecule has 2 aromatic carbocycles. The zero-order valence-corrected chi connectivity index (χ0v) is 12.1. The molecule has 3 nitrogen and oxygen atoms in total. The van der Waals surface area contributed by atoms with Gasteiger partial charge in [0.1, 0.15) is 0 Å². The van der Waals surface area contributed by atoms with Gasteiger partial charge in [-0.25, -0.2) is 8.42 Å². The van der Waals surface area contributed by atoms with E-state index >= 15 is 0 Å². The van der Waals surface area contributed by atoms with Gasteiger partial charge in [-0.2, -0.15) is 0 Å². The maximum Gasteiger partial charge on any atom is 0.179 e. The van der Waals surface area contributed by atoms with Gasteiger partial charge in [0.05, 0.1) is 10.6 Å². The van der Waals surface area contributed by atoms with Crippen molar-refractivity contribution < 1.29 is 8.42 Å². The summed E-state index contributed by atoms with van der Waals surface area (Å²) >= 11 is 0. The summed E-state index contributed by atoms with van der Waals surface area (Å²) in [7, 11) is -3.29. The van der Waals surface area contributed by atoms with Crippen LogP contribution in [0.25, 0.3) is 0 Å². The van der Waals surface area contributed by atoms with Crippen LogP contribution in [-0.4, -0.2) is 20.2 Å². The summed E-state index contributed by atoms with van der Waals surface area (Å²) in [6, 6.07) is 18.1. The van der Waals surface area contributed by atoms with Crippen LogP contribution in [0.3, 0.4) is 0 Å². The predicted molar refractivity (Wildman–Crippen MR) is 81.2 cm³/mol. The molecule has 0 aliphatic heterocycles. The van der Waals surface area contributed by atoms with E-state index in [0.717, 1.165) is 6.42 Å². The van der Waals surface area contributed by atoms with E-state index in [0.29, 0.717) is 11.3 Å². The molecule has 0 aliphatic carbocycles. The molecule has 0 unspecified atom stereocenters. The minimum absolute atomic E-state index is 0.0101. The summed E-state index contributed by atoms with van der Waals surface area (Å²) in [4.78, 5) is 0.343. The lowest BCUT2D eigenvalue weighted by Crippen LogP contribution is -2.30. The summed E-state index contributed by atoms with van der Waals surface area (Å²) in [5.74, 6) is -0.0101. The lowest BCUT2D eigenvalue weighted by molar-refractivity contribution is 0.579. The fraction of sp³-hybridized carbons (Fsp3) is 0.250. The molecule has 0 aliphatic rings. The summed E-state index contributed by atoms with van der Waals surface area (Å²) in [5, 5.41) is 0. The normalized spacial score (nSPS) is 13.1. The molecule has 0 spiro atoms. The summed E-state index contributed by atoms with van der Waals surface area (Å²) in [6.07, 6.45) is 1.46. The van der Waals surface area contributed by atoms with Gasteiger partial charge in [0.2, 0.25) is 0 Å². The van der Waals surface area contributed by atoms with Crippen LogP contribution in [0.1, 0.15) is 12.0 Å². The van der Waals surface area contributed by atoms with Crippen molar-refractivity contribution >= 4 is 9.84 Å². The molecule has 0 radical (unpaired) electrons. The Morgan fingerprint density at radius 3 is 2.05 bits per heavy atom. The van der Waals surface area contributed by atoms with Crippen LogP contribution in [0.2, 0.25) is 0 Å². The Bertz CT molecular complexity index is 624. The minimum Gasteiger partial charge on any atom is -0.327 e. The number of sulfone groups is 1. The van der Waals surface area contributed by atoms with E-state index in [1.807, 2.05) is 30.3 Å². The number of aryl methyl sites for hydroxylation is 1. The van der Waals surface area contributed by atoms with Gasteiger partial charge in [0.25, 0.3) is 0 Å². The second-order valence-electron chi connectivity index (χ2n) is 4.88. The molecule has 0 heterocycles. The number of hydrogen-bond donors (Lipinski definition) is 1. The van der Waals surface area contributed by atoms with E-state index in [1.165, 1.54) is 5.56 Å². The molecule has 0 saturated heterocycles. The zero-order valence-electron chi connectivity index (χ0n) is 11.3. The van der Waals surface area contributed by atoms with Gasteiger partial charge < -0.3 is 5.73 Å². The van der Waals surface area contributed by atoms with E-state index in [1.54, 1.807) is 30.3 Å². The van der Waals surface area contributed by atoms with Gasteiger partial charge in [-0.3, -0.25) is 0 Å². The van der Waals surface area contributed by atoms with Gasteiger partial charge in [0.15, 0.2) is 9.84 Å². The Kier molecular flexibility index (Phi) is 4.93. The highest BCUT2D eigenvalue weighted by Crippen LogP contribution is 2.13. The molecule has 0 bridgehead atoms. The van der Waals surface area contributed by atoms with Crippen LogP contribution in [0.5, 0.6) is 0 Å². The van der Waals surface area contributed by atoms with Crippen molar-refractivity contribution in [2.45, 2.75) is 23.8 Å². The van der Waals surface area contributed by atoms with E-state index < -0.39 is 9.84 Å². The highest BCUT2D eigenvalue weighted by molar-refractivity contribution is 7.91. The number of benzene rings is 2.